The highest BCUT2D eigenvalue weighted by molar-refractivity contribution is 5.02. The van der Waals surface area contributed by atoms with Crippen molar-refractivity contribution in [3.05, 3.63) is 0 Å². The number of rotatable bonds is 5. The maximum atomic E-state index is 12.9. The first kappa shape index (κ1) is 134. The summed E-state index contributed by atoms with van der Waals surface area (Å²) in [7, 11) is 0. The van der Waals surface area contributed by atoms with Crippen LogP contribution in [0.25, 0.3) is 0 Å². The van der Waals surface area contributed by atoms with Crippen molar-refractivity contribution in [2.45, 2.75) is 494 Å². The van der Waals surface area contributed by atoms with E-state index in [0.717, 1.165) is 80.5 Å². The Morgan fingerprint density at radius 2 is 0.677 bits per heavy atom. The van der Waals surface area contributed by atoms with Gasteiger partial charge >= 0.3 is 55.6 Å². The Balaban J connectivity index is -0.000000674. The molecule has 0 amide bonds. The van der Waals surface area contributed by atoms with Crippen molar-refractivity contribution in [3.63, 3.8) is 0 Å². The Labute approximate surface area is 773 Å². The highest BCUT2D eigenvalue weighted by Crippen LogP contribution is 2.64. The molecule has 0 aromatic carbocycles. The number of halogens is 27. The second kappa shape index (κ2) is 49.5. The molecule has 0 aliphatic heterocycles. The molecular weight excluding hydrogens is 1750 g/mol. The summed E-state index contributed by atoms with van der Waals surface area (Å²) in [6.07, 6.45) is -28.8. The highest BCUT2D eigenvalue weighted by Gasteiger charge is 2.73. The van der Waals surface area contributed by atoms with Crippen LogP contribution in [0.2, 0.25) is 0 Å². The summed E-state index contributed by atoms with van der Waals surface area (Å²) < 4.78 is 336. The van der Waals surface area contributed by atoms with Crippen LogP contribution in [0.5, 0.6) is 0 Å². The zero-order valence-electron chi connectivity index (χ0n) is 88.4. The van der Waals surface area contributed by atoms with Gasteiger partial charge in [0.1, 0.15) is 0 Å². The van der Waals surface area contributed by atoms with Crippen LogP contribution < -0.4 is 0 Å². The molecule has 0 aromatic rings. The van der Waals surface area contributed by atoms with Crippen LogP contribution in [0.3, 0.4) is 0 Å². The van der Waals surface area contributed by atoms with Crippen molar-refractivity contribution in [1.29, 1.82) is 0 Å². The van der Waals surface area contributed by atoms with Gasteiger partial charge in [-0.2, -0.15) is 119 Å². The monoisotopic (exact) mass is 1940 g/mol. The second-order valence-corrected chi connectivity index (χ2v) is 49.9. The Kier molecular flexibility index (Phi) is 51.2. The van der Waals surface area contributed by atoms with E-state index in [1.807, 2.05) is 55.4 Å². The minimum atomic E-state index is -5.20. The molecule has 0 radical (unpaired) electrons. The lowest BCUT2D eigenvalue weighted by atomic mass is 9.55. The molecular formula is C103H187F27. The van der Waals surface area contributed by atoms with E-state index in [9.17, 15) is 119 Å². The standard InChI is InChI=1S/C11H21F3.C11H24.C10H18.C10H22.2C9H12F6.C9H15F3.C9H17F3.C9H20.2C8H13F3/c1-8(2,3)9(4,5)10(6,7)11(12,13)14;1-9(2,3)11(7,8)10(4,5)6;1-8-7-9-3-5-10(8,2)6-4-9;1-8(2)10(6,7)9(3,4)5;1-6-2-4-7(5-3-6,8(10,11)12)9(13,14)15;1-6-4-2-3-5-7(6,8(10,11)12)9(13,14)15;1-6-4-3-5-8(7(6)2)9(10,11)12;1-6(2)8(4,5)7(3)9(10,11)12;1-7(2)8(3)9(4,5)6;1-6-2-4-7(5-3-6)8(9,10)11;1-6-3-2-4-7(5-6)8(9,10)11/h1-7H3;1-8H3;8-9H,3-7H2,1-2H3;8H,1-7H3;2*6H,2-5H2,1H3;6-8H,3-5H2,1-2H3;6-7H,1-5H3;7-8H,1-6H3;2*6-7H,2-5H2,1H3/t;;8-,9?,10?;;;6-;6?,7-,8?;;8-;;6-,7?/m..0..11.1.1/s1. The van der Waals surface area contributed by atoms with Crippen LogP contribution in [0, 0.1) is 165 Å². The van der Waals surface area contributed by atoms with E-state index < -0.39 is 132 Å². The Bertz CT molecular complexity index is 2960. The lowest BCUT2D eigenvalue weighted by Crippen LogP contribution is -2.55. The molecule has 0 heterocycles. The first-order valence-corrected chi connectivity index (χ1v) is 48.4. The van der Waals surface area contributed by atoms with Gasteiger partial charge in [0, 0.05) is 0 Å². The van der Waals surface area contributed by atoms with E-state index in [2.05, 4.69) is 159 Å². The average Bonchev–Trinajstić information content (AvgIpc) is 0.720. The Morgan fingerprint density at radius 1 is 0.300 bits per heavy atom. The summed E-state index contributed by atoms with van der Waals surface area (Å²) in [6, 6.07) is 0. The third-order valence-electron chi connectivity index (χ3n) is 35.4. The largest absolute Gasteiger partial charge is 0.403 e. The smallest absolute Gasteiger partial charge is 0.171 e. The lowest BCUT2D eigenvalue weighted by Gasteiger charge is -2.51. The van der Waals surface area contributed by atoms with Gasteiger partial charge < -0.3 is 0 Å². The van der Waals surface area contributed by atoms with Crippen molar-refractivity contribution < 1.29 is 119 Å². The second-order valence-electron chi connectivity index (χ2n) is 49.9. The molecule has 2 bridgehead atoms. The maximum absolute atomic E-state index is 12.9. The van der Waals surface area contributed by atoms with Gasteiger partial charge in [0.2, 0.25) is 0 Å². The van der Waals surface area contributed by atoms with Crippen LogP contribution >= 0.6 is 0 Å². The van der Waals surface area contributed by atoms with Crippen molar-refractivity contribution in [3.8, 4) is 0 Å². The van der Waals surface area contributed by atoms with Crippen molar-refractivity contribution in [1.82, 2.24) is 0 Å². The fraction of sp³-hybridized carbons (Fsp3) is 1.00. The summed E-state index contributed by atoms with van der Waals surface area (Å²) in [6.45, 7) is 83.5. The van der Waals surface area contributed by atoms with Crippen molar-refractivity contribution >= 4 is 0 Å². The molecule has 130 heavy (non-hydrogen) atoms. The molecule has 8 aliphatic rings. The fourth-order valence-corrected chi connectivity index (χ4v) is 17.8. The Morgan fingerprint density at radius 3 is 0.877 bits per heavy atom. The topological polar surface area (TPSA) is 0 Å². The number of alkyl halides is 27. The van der Waals surface area contributed by atoms with E-state index in [1.54, 1.807) is 41.5 Å². The van der Waals surface area contributed by atoms with Crippen molar-refractivity contribution in [2.75, 3.05) is 0 Å². The van der Waals surface area contributed by atoms with Gasteiger partial charge in [0.15, 0.2) is 10.8 Å². The predicted molar refractivity (Wildman–Crippen MR) is 485 cm³/mol. The minimum absolute atomic E-state index is 0.0106. The van der Waals surface area contributed by atoms with Gasteiger partial charge in [0.05, 0.1) is 29.1 Å². The van der Waals surface area contributed by atoms with Crippen molar-refractivity contribution in [2.24, 2.45) is 165 Å². The minimum Gasteiger partial charge on any atom is -0.171 e. The number of hydrogen-bond donors (Lipinski definition) is 0. The van der Waals surface area contributed by atoms with E-state index in [1.165, 1.54) is 52.9 Å². The third kappa shape index (κ3) is 40.0. The first-order valence-electron chi connectivity index (χ1n) is 48.4. The quantitative estimate of drug-likeness (QED) is 0.241. The van der Waals surface area contributed by atoms with Crippen LogP contribution in [-0.4, -0.2) is 55.6 Å². The van der Waals surface area contributed by atoms with Gasteiger partial charge in [-0.05, 0) is 228 Å². The molecule has 0 saturated heterocycles. The summed E-state index contributed by atoms with van der Waals surface area (Å²) in [4.78, 5) is 0. The number of fused-ring (bicyclic) bond motifs is 3. The number of hydrogen-bond acceptors (Lipinski definition) is 0. The molecule has 0 nitrogen and oxygen atoms in total. The lowest BCUT2D eigenvalue weighted by molar-refractivity contribution is -0.364. The van der Waals surface area contributed by atoms with E-state index in [4.69, 9.17) is 0 Å². The zero-order chi connectivity index (χ0) is 105. The third-order valence-corrected chi connectivity index (χ3v) is 35.4. The van der Waals surface area contributed by atoms with Crippen LogP contribution in [0.4, 0.5) is 119 Å². The van der Waals surface area contributed by atoms with Gasteiger partial charge in [-0.3, -0.25) is 0 Å². The van der Waals surface area contributed by atoms with E-state index >= 15 is 0 Å². The average molecular weight is 1940 g/mol. The van der Waals surface area contributed by atoms with Crippen LogP contribution in [-0.2, 0) is 0 Å². The Hall–Kier alpha value is -1.89. The van der Waals surface area contributed by atoms with Gasteiger partial charge in [0.25, 0.3) is 0 Å². The molecule has 0 aromatic heterocycles. The molecule has 0 N–H and O–H groups in total. The molecule has 8 rings (SSSR count). The maximum Gasteiger partial charge on any atom is 0.403 e. The molecule has 0 spiro atoms. The SMILES string of the molecule is CC(C)(C)C(C)(C)C(C)(C)C.CC(C)(C)C(C)(C)C(C)(C)C(F)(F)F.CC(C)C(C)(C)C(C)(C)C.CC(C)C(C)(C)C(C)C(F)(F)F.CC(C)[C@@H](C)C(C)(C)C.CC1CCC(C(F)(F)F)(C(F)(F)F)CC1.CC1CCC(C(F)(F)F)CC1.CC1CCCC(C(F)(F)F)[C@@H]1C.C[C@@H]1CCCC(C(F)(F)F)C1.C[C@@H]1CCCCC1(C(F)(F)F)C(F)(F)F.C[C@H]1CC2CCC1(C)CC2. The molecule has 27 heteroatoms. The summed E-state index contributed by atoms with van der Waals surface area (Å²) in [5, 5.41) is 0. The zero-order valence-corrected chi connectivity index (χ0v) is 88.4. The molecule has 8 fully saturated rings. The highest BCUT2D eigenvalue weighted by atomic mass is 19.4. The van der Waals surface area contributed by atoms with Gasteiger partial charge in [-0.15, -0.1) is 0 Å². The first-order chi connectivity index (χ1) is 56.8. The molecule has 4 unspecified atom stereocenters. The van der Waals surface area contributed by atoms with Gasteiger partial charge in [-0.25, -0.2) is 0 Å². The molecule has 9 atom stereocenters. The summed E-state index contributed by atoms with van der Waals surface area (Å²) in [5.74, 6) is -0.445. The summed E-state index contributed by atoms with van der Waals surface area (Å²) in [5.41, 5.74) is -7.29. The predicted octanol–water partition coefficient (Wildman–Crippen LogP) is 41.9. The fourth-order valence-electron chi connectivity index (χ4n) is 17.8. The van der Waals surface area contributed by atoms with Crippen LogP contribution in [0.1, 0.15) is 438 Å². The summed E-state index contributed by atoms with van der Waals surface area (Å²) >= 11 is 0. The molecule has 788 valence electrons. The normalized spacial score (nSPS) is 26.1. The van der Waals surface area contributed by atoms with E-state index in [0.29, 0.717) is 76.9 Å². The van der Waals surface area contributed by atoms with Gasteiger partial charge in [-0.1, -0.05) is 335 Å². The molecule has 8 aliphatic carbocycles. The van der Waals surface area contributed by atoms with Crippen LogP contribution in [0.15, 0.2) is 0 Å². The molecule has 8 saturated carbocycles. The van der Waals surface area contributed by atoms with E-state index in [-0.39, 0.29) is 60.7 Å².